The zero-order valence-electron chi connectivity index (χ0n) is 10.4. The molecule has 19 heavy (non-hydrogen) atoms. The first-order valence-electron chi connectivity index (χ1n) is 5.62. The van der Waals surface area contributed by atoms with Crippen molar-refractivity contribution in [3.05, 3.63) is 41.6 Å². The van der Waals surface area contributed by atoms with E-state index in [-0.39, 0.29) is 0 Å². The van der Waals surface area contributed by atoms with Crippen LogP contribution in [-0.4, -0.2) is 17.2 Å². The molecular formula is C14H12N4O. The molecule has 1 aromatic carbocycles. The third-order valence-electron chi connectivity index (χ3n) is 2.89. The van der Waals surface area contributed by atoms with Crippen molar-refractivity contribution in [3.63, 3.8) is 0 Å². The Hall–Kier alpha value is -2.87. The van der Waals surface area contributed by atoms with Gasteiger partial charge in [-0.2, -0.15) is 5.26 Å². The molecule has 0 saturated heterocycles. The predicted octanol–water partition coefficient (Wildman–Crippen LogP) is 1.99. The number of carbonyl (C=O) groups is 1. The number of hydrogen-bond donors (Lipinski definition) is 1. The Morgan fingerprint density at radius 3 is 2.58 bits per heavy atom. The number of rotatable bonds is 3. The van der Waals surface area contributed by atoms with Gasteiger partial charge in [0.2, 0.25) is 0 Å². The summed E-state index contributed by atoms with van der Waals surface area (Å²) >= 11 is 0. The van der Waals surface area contributed by atoms with Crippen LogP contribution >= 0.6 is 0 Å². The standard InChI is InChI=1S/C14H12N4O/c1-18-12(8-19)13(17-9-16)11(7-15)14(18)10-5-3-2-4-6-10/h2-6,8-9H,1H3,(H2,16,17). The number of nitrogens with two attached hydrogens (primary N) is 1. The summed E-state index contributed by atoms with van der Waals surface area (Å²) in [5.74, 6) is 0. The van der Waals surface area contributed by atoms with Gasteiger partial charge in [-0.15, -0.1) is 0 Å². The first-order valence-corrected chi connectivity index (χ1v) is 5.62. The van der Waals surface area contributed by atoms with Crippen LogP contribution in [-0.2, 0) is 7.05 Å². The highest BCUT2D eigenvalue weighted by Gasteiger charge is 2.21. The lowest BCUT2D eigenvalue weighted by Gasteiger charge is -2.04. The molecule has 0 bridgehead atoms. The van der Waals surface area contributed by atoms with Crippen molar-refractivity contribution < 1.29 is 4.79 Å². The van der Waals surface area contributed by atoms with Gasteiger partial charge in [0.15, 0.2) is 6.29 Å². The molecule has 2 N–H and O–H groups in total. The molecule has 5 heteroatoms. The minimum absolute atomic E-state index is 0.307. The van der Waals surface area contributed by atoms with Crippen molar-refractivity contribution >= 4 is 18.3 Å². The number of hydrogen-bond acceptors (Lipinski definition) is 3. The topological polar surface area (TPSA) is 84.2 Å². The summed E-state index contributed by atoms with van der Waals surface area (Å²) in [5, 5.41) is 9.33. The van der Waals surface area contributed by atoms with Gasteiger partial charge in [0.05, 0.1) is 12.0 Å². The van der Waals surface area contributed by atoms with Gasteiger partial charge in [-0.05, 0) is 5.56 Å². The number of benzene rings is 1. The summed E-state index contributed by atoms with van der Waals surface area (Å²) < 4.78 is 1.66. The van der Waals surface area contributed by atoms with Crippen LogP contribution in [0, 0.1) is 11.3 Å². The SMILES string of the molecule is Cn1c(C=O)c(N=CN)c(C#N)c1-c1ccccc1. The number of aldehydes is 1. The molecule has 5 nitrogen and oxygen atoms in total. The Bertz CT molecular complexity index is 678. The van der Waals surface area contributed by atoms with Crippen LogP contribution in [0.5, 0.6) is 0 Å². The minimum atomic E-state index is 0.307. The van der Waals surface area contributed by atoms with Crippen LogP contribution in [0.3, 0.4) is 0 Å². The van der Waals surface area contributed by atoms with Gasteiger partial charge in [-0.1, -0.05) is 30.3 Å². The van der Waals surface area contributed by atoms with Gasteiger partial charge >= 0.3 is 0 Å². The molecule has 0 amide bonds. The van der Waals surface area contributed by atoms with Gasteiger partial charge in [-0.25, -0.2) is 4.99 Å². The van der Waals surface area contributed by atoms with Crippen molar-refractivity contribution in [3.8, 4) is 17.3 Å². The van der Waals surface area contributed by atoms with E-state index in [2.05, 4.69) is 11.1 Å². The summed E-state index contributed by atoms with van der Waals surface area (Å²) in [6.45, 7) is 0. The Labute approximate surface area is 110 Å². The highest BCUT2D eigenvalue weighted by Crippen LogP contribution is 2.35. The van der Waals surface area contributed by atoms with E-state index in [9.17, 15) is 10.1 Å². The molecule has 0 radical (unpaired) electrons. The lowest BCUT2D eigenvalue weighted by atomic mass is 10.1. The number of carbonyl (C=O) groups excluding carboxylic acids is 1. The molecule has 0 aliphatic rings. The number of nitriles is 1. The molecule has 0 aliphatic carbocycles. The summed E-state index contributed by atoms with van der Waals surface area (Å²) in [4.78, 5) is 15.1. The van der Waals surface area contributed by atoms with Crippen molar-refractivity contribution in [1.82, 2.24) is 4.57 Å². The molecule has 0 atom stereocenters. The largest absolute Gasteiger partial charge is 0.390 e. The molecule has 0 fully saturated rings. The van der Waals surface area contributed by atoms with E-state index in [1.165, 1.54) is 0 Å². The fraction of sp³-hybridized carbons (Fsp3) is 0.0714. The number of nitrogens with zero attached hydrogens (tertiary/aromatic N) is 3. The monoisotopic (exact) mass is 252 g/mol. The molecule has 94 valence electrons. The highest BCUT2D eigenvalue weighted by atomic mass is 16.1. The average Bonchev–Trinajstić information content (AvgIpc) is 2.71. The molecule has 0 saturated carbocycles. The van der Waals surface area contributed by atoms with Gasteiger partial charge in [0.25, 0.3) is 0 Å². The normalized spacial score (nSPS) is 10.5. The van der Waals surface area contributed by atoms with E-state index < -0.39 is 0 Å². The Kier molecular flexibility index (Phi) is 3.44. The van der Waals surface area contributed by atoms with E-state index >= 15 is 0 Å². The fourth-order valence-corrected chi connectivity index (χ4v) is 2.07. The van der Waals surface area contributed by atoms with Gasteiger partial charge in [0, 0.05) is 7.05 Å². The van der Waals surface area contributed by atoms with E-state index in [0.717, 1.165) is 11.9 Å². The molecule has 2 rings (SSSR count). The maximum atomic E-state index is 11.2. The van der Waals surface area contributed by atoms with Gasteiger partial charge < -0.3 is 10.3 Å². The number of aromatic nitrogens is 1. The van der Waals surface area contributed by atoms with Crippen LogP contribution < -0.4 is 5.73 Å². The van der Waals surface area contributed by atoms with E-state index in [1.54, 1.807) is 11.6 Å². The van der Waals surface area contributed by atoms with Crippen molar-refractivity contribution in [1.29, 1.82) is 5.26 Å². The Balaban J connectivity index is 2.82. The van der Waals surface area contributed by atoms with E-state index in [1.807, 2.05) is 30.3 Å². The maximum absolute atomic E-state index is 11.2. The molecule has 1 heterocycles. The molecule has 1 aromatic heterocycles. The first kappa shape index (κ1) is 12.6. The van der Waals surface area contributed by atoms with E-state index in [0.29, 0.717) is 28.9 Å². The second-order valence-corrected chi connectivity index (χ2v) is 3.89. The smallest absolute Gasteiger partial charge is 0.168 e. The molecular weight excluding hydrogens is 240 g/mol. The minimum Gasteiger partial charge on any atom is -0.390 e. The predicted molar refractivity (Wildman–Crippen MR) is 73.3 cm³/mol. The zero-order valence-corrected chi connectivity index (χ0v) is 10.4. The summed E-state index contributed by atoms with van der Waals surface area (Å²) in [7, 11) is 1.72. The van der Waals surface area contributed by atoms with Crippen LogP contribution in [0.2, 0.25) is 0 Å². The Morgan fingerprint density at radius 1 is 1.37 bits per heavy atom. The molecule has 0 spiro atoms. The first-order chi connectivity index (χ1) is 9.24. The molecule has 0 aliphatic heterocycles. The summed E-state index contributed by atoms with van der Waals surface area (Å²) in [6, 6.07) is 11.5. The summed E-state index contributed by atoms with van der Waals surface area (Å²) in [6.07, 6.45) is 1.76. The molecule has 0 unspecified atom stereocenters. The van der Waals surface area contributed by atoms with Gasteiger partial charge in [-0.3, -0.25) is 4.79 Å². The fourth-order valence-electron chi connectivity index (χ4n) is 2.07. The van der Waals surface area contributed by atoms with Crippen LogP contribution in [0.25, 0.3) is 11.3 Å². The van der Waals surface area contributed by atoms with Crippen molar-refractivity contribution in [2.24, 2.45) is 17.8 Å². The van der Waals surface area contributed by atoms with Gasteiger partial charge in [0.1, 0.15) is 23.0 Å². The van der Waals surface area contributed by atoms with Crippen LogP contribution in [0.15, 0.2) is 35.3 Å². The average molecular weight is 252 g/mol. The van der Waals surface area contributed by atoms with Crippen molar-refractivity contribution in [2.45, 2.75) is 0 Å². The Morgan fingerprint density at radius 2 is 2.05 bits per heavy atom. The third-order valence-corrected chi connectivity index (χ3v) is 2.89. The van der Waals surface area contributed by atoms with Crippen molar-refractivity contribution in [2.75, 3.05) is 0 Å². The van der Waals surface area contributed by atoms with E-state index in [4.69, 9.17) is 5.73 Å². The van der Waals surface area contributed by atoms with Crippen LogP contribution in [0.1, 0.15) is 16.1 Å². The zero-order chi connectivity index (χ0) is 13.8. The molecule has 2 aromatic rings. The number of aliphatic imine (C=N–C) groups is 1. The maximum Gasteiger partial charge on any atom is 0.168 e. The lowest BCUT2D eigenvalue weighted by molar-refractivity contribution is 0.111. The quantitative estimate of drug-likeness (QED) is 0.515. The highest BCUT2D eigenvalue weighted by molar-refractivity contribution is 5.91. The second-order valence-electron chi connectivity index (χ2n) is 3.89. The summed E-state index contributed by atoms with van der Waals surface area (Å²) in [5.41, 5.74) is 7.77. The second kappa shape index (κ2) is 5.19. The lowest BCUT2D eigenvalue weighted by Crippen LogP contribution is -1.97. The third kappa shape index (κ3) is 2.00. The van der Waals surface area contributed by atoms with Crippen LogP contribution in [0.4, 0.5) is 5.69 Å².